The maximum atomic E-state index is 7.76. The largest absolute Gasteiger partial charge is 0.468 e. The smallest absolute Gasteiger partial charge is 0.293 e. The Morgan fingerprint density at radius 3 is 1.65 bits per heavy atom. The zero-order chi connectivity index (χ0) is 55.3. The molecule has 79 heavy (non-hydrogen) atoms. The molecule has 3 unspecified atom stereocenters. The summed E-state index contributed by atoms with van der Waals surface area (Å²) in [6.45, 7) is 33.0. The summed E-state index contributed by atoms with van der Waals surface area (Å²) in [5.41, 5.74) is 26.2. The monoisotopic (exact) mass is 1030 g/mol. The molecule has 0 amide bonds. The fourth-order valence-electron chi connectivity index (χ4n) is 14.8. The van der Waals surface area contributed by atoms with E-state index in [0.717, 1.165) is 39.4 Å². The molecule has 1 saturated carbocycles. The highest BCUT2D eigenvalue weighted by atomic mass is 16.3. The first-order valence-corrected chi connectivity index (χ1v) is 29.4. The summed E-state index contributed by atoms with van der Waals surface area (Å²) in [5, 5.41) is 1.14. The zero-order valence-electron chi connectivity index (χ0n) is 49.5. The van der Waals surface area contributed by atoms with Gasteiger partial charge in [-0.25, -0.2) is 0 Å². The van der Waals surface area contributed by atoms with Gasteiger partial charge >= 0.3 is 0 Å². The minimum atomic E-state index is -0.156. The molecule has 9 aromatic rings. The van der Waals surface area contributed by atoms with Crippen LogP contribution in [-0.4, -0.2) is 6.71 Å². The van der Waals surface area contributed by atoms with Crippen LogP contribution < -0.4 is 26.4 Å². The predicted octanol–water partition coefficient (Wildman–Crippen LogP) is 19.0. The summed E-state index contributed by atoms with van der Waals surface area (Å²) >= 11 is 0. The Hall–Kier alpha value is -7.04. The molecule has 3 nitrogen and oxygen atoms in total. The maximum Gasteiger partial charge on any atom is 0.293 e. The van der Waals surface area contributed by atoms with Gasteiger partial charge in [0.05, 0.1) is 17.0 Å². The second kappa shape index (κ2) is 17.7. The van der Waals surface area contributed by atoms with Gasteiger partial charge in [-0.05, 0) is 167 Å². The van der Waals surface area contributed by atoms with Gasteiger partial charge in [0, 0.05) is 39.6 Å². The molecule has 3 atom stereocenters. The van der Waals surface area contributed by atoms with Crippen LogP contribution in [0.15, 0.2) is 174 Å². The molecule has 1 fully saturated rings. The van der Waals surface area contributed by atoms with Gasteiger partial charge in [0.1, 0.15) is 5.58 Å². The molecule has 0 N–H and O–H groups in total. The van der Waals surface area contributed by atoms with Crippen molar-refractivity contribution in [2.75, 3.05) is 9.80 Å². The summed E-state index contributed by atoms with van der Waals surface area (Å²) < 4.78 is 7.76. The molecule has 4 heteroatoms. The third kappa shape index (κ3) is 8.03. The van der Waals surface area contributed by atoms with Gasteiger partial charge in [0.15, 0.2) is 0 Å². The van der Waals surface area contributed by atoms with Crippen LogP contribution in [0.4, 0.5) is 34.1 Å². The van der Waals surface area contributed by atoms with Crippen molar-refractivity contribution in [1.29, 1.82) is 0 Å². The molecule has 8 aromatic carbocycles. The van der Waals surface area contributed by atoms with Crippen LogP contribution in [0.25, 0.3) is 33.2 Å². The molecule has 1 aromatic heterocycles. The minimum absolute atomic E-state index is 0.0109. The molecule has 2 aliphatic heterocycles. The fraction of sp³-hybridized carbons (Fsp3) is 0.333. The molecule has 3 heterocycles. The highest BCUT2D eigenvalue weighted by Gasteiger charge is 2.63. The fourth-order valence-corrected chi connectivity index (χ4v) is 14.8. The predicted molar refractivity (Wildman–Crippen MR) is 338 cm³/mol. The van der Waals surface area contributed by atoms with Crippen LogP contribution in [0, 0.1) is 5.41 Å². The molecule has 398 valence electrons. The molecular formula is C75H79BN2O. The third-order valence-electron chi connectivity index (χ3n) is 19.5. The van der Waals surface area contributed by atoms with E-state index < -0.39 is 0 Å². The Balaban J connectivity index is 1.20. The third-order valence-corrected chi connectivity index (χ3v) is 19.5. The maximum absolute atomic E-state index is 7.76. The van der Waals surface area contributed by atoms with E-state index in [4.69, 9.17) is 4.42 Å². The number of benzene rings is 8. The zero-order valence-corrected chi connectivity index (χ0v) is 49.5. The average molecular weight is 1040 g/mol. The summed E-state index contributed by atoms with van der Waals surface area (Å²) in [6.07, 6.45) is 4.80. The first-order valence-electron chi connectivity index (χ1n) is 29.4. The summed E-state index contributed by atoms with van der Waals surface area (Å²) in [6, 6.07) is 66.0. The topological polar surface area (TPSA) is 19.6 Å². The van der Waals surface area contributed by atoms with Crippen molar-refractivity contribution in [1.82, 2.24) is 0 Å². The Morgan fingerprint density at radius 1 is 0.506 bits per heavy atom. The van der Waals surface area contributed by atoms with E-state index in [1.807, 2.05) is 0 Å². The summed E-state index contributed by atoms with van der Waals surface area (Å²) in [4.78, 5) is 5.23. The first-order chi connectivity index (χ1) is 37.4. The SMILES string of the molecule is CC(C)(C)c1ccc(N(c2ccc(C(C)(C)C)cc2)c2cc3c4c(c2)N(c2ccc(C(C)(C)C)cc2-c2ccccc2)c2c(oc5cc(C(C)(C)C)ccc25)B4c2cc(-c4ccccc4)cc4c2C3C2(C)CCCCC42C)cc1. The Bertz CT molecular complexity index is 3800. The lowest BCUT2D eigenvalue weighted by Crippen LogP contribution is -2.62. The van der Waals surface area contributed by atoms with Crippen LogP contribution in [-0.2, 0) is 27.1 Å². The quantitative estimate of drug-likeness (QED) is 0.155. The van der Waals surface area contributed by atoms with Crippen LogP contribution in [0.2, 0.25) is 0 Å². The molecule has 0 bridgehead atoms. The highest BCUT2D eigenvalue weighted by Crippen LogP contribution is 2.68. The van der Waals surface area contributed by atoms with E-state index in [1.165, 1.54) is 104 Å². The number of hydrogen-bond acceptors (Lipinski definition) is 3. The van der Waals surface area contributed by atoms with Gasteiger partial charge in [-0.2, -0.15) is 0 Å². The Kier molecular flexibility index (Phi) is 11.5. The van der Waals surface area contributed by atoms with Gasteiger partial charge in [-0.15, -0.1) is 0 Å². The van der Waals surface area contributed by atoms with Gasteiger partial charge in [-0.3, -0.25) is 0 Å². The molecule has 13 rings (SSSR count). The van der Waals surface area contributed by atoms with E-state index in [9.17, 15) is 0 Å². The lowest BCUT2D eigenvalue weighted by atomic mass is 9.32. The van der Waals surface area contributed by atoms with Crippen molar-refractivity contribution in [2.24, 2.45) is 5.41 Å². The number of hydrogen-bond donors (Lipinski definition) is 0. The van der Waals surface area contributed by atoms with E-state index in [0.29, 0.717) is 0 Å². The van der Waals surface area contributed by atoms with Crippen molar-refractivity contribution in [3.63, 3.8) is 0 Å². The normalized spacial score (nSPS) is 19.5. The standard InChI is InChI=1S/C75H79BN2O/c1-70(2,3)50-27-33-54(34-28-50)77(55-35-29-51(30-36-55)71(4,5)6)56-45-59-66-65-60(74(13)39-21-22-40-75(66,74)14)41-49(47-23-17-15-18-24-47)42-61(65)76-67(59)63(46-56)78(68-57-37-31-53(73(10,11)12)44-64(57)79-69(68)76)62-38-32-52(72(7,8)9)43-58(62)48-25-19-16-20-26-48/h15-20,23-38,41-46,66H,21-22,39-40H2,1-14H3. The molecule has 0 spiro atoms. The van der Waals surface area contributed by atoms with Crippen molar-refractivity contribution < 1.29 is 4.42 Å². The van der Waals surface area contributed by atoms with Gasteiger partial charge in [0.2, 0.25) is 0 Å². The lowest BCUT2D eigenvalue weighted by Gasteiger charge is -2.50. The average Bonchev–Trinajstić information content (AvgIpc) is 2.19. The van der Waals surface area contributed by atoms with Gasteiger partial charge in [0.25, 0.3) is 6.71 Å². The number of anilines is 6. The number of rotatable bonds is 6. The Morgan fingerprint density at radius 2 is 1.05 bits per heavy atom. The first kappa shape index (κ1) is 51.4. The molecule has 0 radical (unpaired) electrons. The summed E-state index contributed by atoms with van der Waals surface area (Å²) in [5.74, 6) is 0.156. The Labute approximate surface area is 472 Å². The number of furan rings is 1. The minimum Gasteiger partial charge on any atom is -0.468 e. The molecule has 4 aliphatic rings. The van der Waals surface area contributed by atoms with Crippen LogP contribution in [0.1, 0.15) is 167 Å². The van der Waals surface area contributed by atoms with Crippen LogP contribution in [0.5, 0.6) is 0 Å². The lowest BCUT2D eigenvalue weighted by molar-refractivity contribution is 0.0926. The molecule has 2 aliphatic carbocycles. The van der Waals surface area contributed by atoms with E-state index in [1.54, 1.807) is 5.56 Å². The van der Waals surface area contributed by atoms with E-state index in [-0.39, 0.29) is 45.1 Å². The summed E-state index contributed by atoms with van der Waals surface area (Å²) in [7, 11) is 0. The van der Waals surface area contributed by atoms with E-state index >= 15 is 0 Å². The second-order valence-corrected chi connectivity index (χ2v) is 28.6. The highest BCUT2D eigenvalue weighted by molar-refractivity contribution is 6.98. The van der Waals surface area contributed by atoms with Crippen molar-refractivity contribution >= 4 is 68.4 Å². The number of fused-ring (bicyclic) bond motifs is 9. The second-order valence-electron chi connectivity index (χ2n) is 28.6. The van der Waals surface area contributed by atoms with Crippen molar-refractivity contribution in [3.8, 4) is 22.3 Å². The van der Waals surface area contributed by atoms with Gasteiger partial charge in [-0.1, -0.05) is 224 Å². The molecular weight excluding hydrogens is 956 g/mol. The van der Waals surface area contributed by atoms with Crippen LogP contribution in [0.3, 0.4) is 0 Å². The number of nitrogens with zero attached hydrogens (tertiary/aromatic N) is 2. The van der Waals surface area contributed by atoms with Gasteiger partial charge < -0.3 is 14.2 Å². The van der Waals surface area contributed by atoms with Crippen molar-refractivity contribution in [2.45, 2.75) is 156 Å². The van der Waals surface area contributed by atoms with Crippen molar-refractivity contribution in [3.05, 3.63) is 209 Å². The van der Waals surface area contributed by atoms with E-state index in [2.05, 4.69) is 277 Å². The molecule has 0 saturated heterocycles. The van der Waals surface area contributed by atoms with Crippen LogP contribution >= 0.6 is 0 Å².